The van der Waals surface area contributed by atoms with Crippen molar-refractivity contribution in [2.45, 2.75) is 13.5 Å². The highest BCUT2D eigenvalue weighted by atomic mass is 16.3. The normalized spacial score (nSPS) is 10.1. The van der Waals surface area contributed by atoms with Crippen molar-refractivity contribution < 1.29 is 5.11 Å². The first-order valence-corrected chi connectivity index (χ1v) is 4.43. The van der Waals surface area contributed by atoms with E-state index in [1.807, 2.05) is 25.1 Å². The van der Waals surface area contributed by atoms with Crippen LogP contribution in [0.5, 0.6) is 0 Å². The van der Waals surface area contributed by atoms with Crippen LogP contribution in [0.2, 0.25) is 0 Å². The maximum atomic E-state index is 8.69. The van der Waals surface area contributed by atoms with Crippen molar-refractivity contribution in [3.63, 3.8) is 0 Å². The average molecular weight is 180 g/mol. The Bertz CT molecular complexity index is 274. The molecule has 1 aromatic rings. The van der Waals surface area contributed by atoms with Gasteiger partial charge in [-0.15, -0.1) is 0 Å². The summed E-state index contributed by atoms with van der Waals surface area (Å²) >= 11 is 0. The molecule has 13 heavy (non-hydrogen) atoms. The molecule has 1 rings (SSSR count). The van der Waals surface area contributed by atoms with Gasteiger partial charge in [-0.1, -0.05) is 18.2 Å². The highest BCUT2D eigenvalue weighted by Gasteiger charge is 2.01. The van der Waals surface area contributed by atoms with Crippen LogP contribution in [-0.4, -0.2) is 18.3 Å². The minimum Gasteiger partial charge on any atom is -0.395 e. The number of aryl methyl sites for hydroxylation is 1. The summed E-state index contributed by atoms with van der Waals surface area (Å²) in [6, 6.07) is 6.01. The molecular weight excluding hydrogens is 164 g/mol. The Hall–Kier alpha value is -1.06. The predicted octanol–water partition coefficient (Wildman–Crippen LogP) is 0.858. The van der Waals surface area contributed by atoms with Crippen molar-refractivity contribution in [1.82, 2.24) is 0 Å². The molecule has 0 bridgehead atoms. The van der Waals surface area contributed by atoms with E-state index in [9.17, 15) is 0 Å². The summed E-state index contributed by atoms with van der Waals surface area (Å²) < 4.78 is 0. The summed E-state index contributed by atoms with van der Waals surface area (Å²) in [5, 5.41) is 11.8. The summed E-state index contributed by atoms with van der Waals surface area (Å²) in [5.41, 5.74) is 8.90. The number of nitrogens with one attached hydrogen (secondary N) is 1. The fourth-order valence-electron chi connectivity index (χ4n) is 1.33. The number of aliphatic hydroxyl groups is 1. The number of aliphatic hydroxyl groups excluding tert-OH is 1. The lowest BCUT2D eigenvalue weighted by atomic mass is 10.1. The summed E-state index contributed by atoms with van der Waals surface area (Å²) in [4.78, 5) is 0. The van der Waals surface area contributed by atoms with Crippen molar-refractivity contribution >= 4 is 5.69 Å². The van der Waals surface area contributed by atoms with Crippen molar-refractivity contribution in [1.29, 1.82) is 0 Å². The lowest BCUT2D eigenvalue weighted by Crippen LogP contribution is -2.10. The highest BCUT2D eigenvalue weighted by Crippen LogP contribution is 2.19. The molecule has 0 atom stereocenters. The number of rotatable bonds is 4. The lowest BCUT2D eigenvalue weighted by Gasteiger charge is -2.12. The Kier molecular flexibility index (Phi) is 3.73. The van der Waals surface area contributed by atoms with Gasteiger partial charge in [-0.05, 0) is 18.1 Å². The molecular formula is C10H16N2O. The van der Waals surface area contributed by atoms with E-state index in [1.165, 1.54) is 0 Å². The fraction of sp³-hybridized carbons (Fsp3) is 0.400. The van der Waals surface area contributed by atoms with E-state index in [0.29, 0.717) is 13.1 Å². The van der Waals surface area contributed by atoms with Crippen LogP contribution in [0.4, 0.5) is 5.69 Å². The molecule has 0 radical (unpaired) electrons. The van der Waals surface area contributed by atoms with Gasteiger partial charge in [0, 0.05) is 18.8 Å². The molecule has 0 heterocycles. The molecule has 1 aromatic carbocycles. The van der Waals surface area contributed by atoms with E-state index >= 15 is 0 Å². The molecule has 0 saturated heterocycles. The Morgan fingerprint density at radius 1 is 1.46 bits per heavy atom. The summed E-state index contributed by atoms with van der Waals surface area (Å²) in [6.45, 7) is 3.25. The third-order valence-electron chi connectivity index (χ3n) is 1.99. The Morgan fingerprint density at radius 3 is 2.85 bits per heavy atom. The van der Waals surface area contributed by atoms with Crippen molar-refractivity contribution in [2.24, 2.45) is 5.73 Å². The average Bonchev–Trinajstić information content (AvgIpc) is 2.15. The van der Waals surface area contributed by atoms with Crippen LogP contribution < -0.4 is 11.1 Å². The van der Waals surface area contributed by atoms with Gasteiger partial charge >= 0.3 is 0 Å². The van der Waals surface area contributed by atoms with E-state index in [0.717, 1.165) is 16.8 Å². The smallest absolute Gasteiger partial charge is 0.0604 e. The number of hydrogen-bond donors (Lipinski definition) is 3. The Labute approximate surface area is 78.6 Å². The van der Waals surface area contributed by atoms with Crippen molar-refractivity contribution in [2.75, 3.05) is 18.5 Å². The van der Waals surface area contributed by atoms with Gasteiger partial charge in [0.05, 0.1) is 6.61 Å². The van der Waals surface area contributed by atoms with E-state index in [1.54, 1.807) is 0 Å². The molecule has 0 aliphatic heterocycles. The SMILES string of the molecule is Cc1cccc(CN)c1NCCO. The quantitative estimate of drug-likeness (QED) is 0.644. The van der Waals surface area contributed by atoms with Crippen LogP contribution in [0, 0.1) is 6.92 Å². The maximum absolute atomic E-state index is 8.69. The molecule has 0 aliphatic carbocycles. The zero-order valence-electron chi connectivity index (χ0n) is 7.88. The number of anilines is 1. The molecule has 0 saturated carbocycles. The standard InChI is InChI=1S/C10H16N2O/c1-8-3-2-4-9(7-11)10(8)12-5-6-13/h2-4,12-13H,5-7,11H2,1H3. The molecule has 0 amide bonds. The molecule has 3 heteroatoms. The first kappa shape index (κ1) is 10.0. The van der Waals surface area contributed by atoms with Gasteiger partial charge in [-0.25, -0.2) is 0 Å². The Morgan fingerprint density at radius 2 is 2.23 bits per heavy atom. The number of hydrogen-bond acceptors (Lipinski definition) is 3. The topological polar surface area (TPSA) is 58.3 Å². The molecule has 0 aromatic heterocycles. The minimum atomic E-state index is 0.137. The van der Waals surface area contributed by atoms with Gasteiger partial charge in [0.15, 0.2) is 0 Å². The summed E-state index contributed by atoms with van der Waals surface area (Å²) in [6.07, 6.45) is 0. The van der Waals surface area contributed by atoms with Crippen LogP contribution in [0.25, 0.3) is 0 Å². The molecule has 4 N–H and O–H groups in total. The monoisotopic (exact) mass is 180 g/mol. The second-order valence-electron chi connectivity index (χ2n) is 2.96. The molecule has 0 spiro atoms. The first-order chi connectivity index (χ1) is 6.29. The molecule has 0 aliphatic rings. The largest absolute Gasteiger partial charge is 0.395 e. The van der Waals surface area contributed by atoms with Gasteiger partial charge in [0.25, 0.3) is 0 Å². The summed E-state index contributed by atoms with van der Waals surface area (Å²) in [5.74, 6) is 0. The van der Waals surface area contributed by atoms with Crippen LogP contribution in [0.15, 0.2) is 18.2 Å². The zero-order valence-corrected chi connectivity index (χ0v) is 7.88. The molecule has 0 fully saturated rings. The van der Waals surface area contributed by atoms with Gasteiger partial charge in [-0.2, -0.15) is 0 Å². The van der Waals surface area contributed by atoms with Crippen LogP contribution in [0.1, 0.15) is 11.1 Å². The summed E-state index contributed by atoms with van der Waals surface area (Å²) in [7, 11) is 0. The highest BCUT2D eigenvalue weighted by molar-refractivity contribution is 5.57. The molecule has 72 valence electrons. The molecule has 3 nitrogen and oxygen atoms in total. The number of para-hydroxylation sites is 1. The van der Waals surface area contributed by atoms with Crippen molar-refractivity contribution in [3.8, 4) is 0 Å². The fourth-order valence-corrected chi connectivity index (χ4v) is 1.33. The van der Waals surface area contributed by atoms with Gasteiger partial charge < -0.3 is 16.2 Å². The van der Waals surface area contributed by atoms with Crippen molar-refractivity contribution in [3.05, 3.63) is 29.3 Å². The van der Waals surface area contributed by atoms with E-state index in [-0.39, 0.29) is 6.61 Å². The minimum absolute atomic E-state index is 0.137. The van der Waals surface area contributed by atoms with E-state index < -0.39 is 0 Å². The Balaban J connectivity index is 2.87. The third kappa shape index (κ3) is 2.44. The maximum Gasteiger partial charge on any atom is 0.0604 e. The number of nitrogens with two attached hydrogens (primary N) is 1. The van der Waals surface area contributed by atoms with Crippen LogP contribution in [-0.2, 0) is 6.54 Å². The van der Waals surface area contributed by atoms with E-state index in [4.69, 9.17) is 10.8 Å². The zero-order chi connectivity index (χ0) is 9.68. The van der Waals surface area contributed by atoms with Gasteiger partial charge in [0.2, 0.25) is 0 Å². The van der Waals surface area contributed by atoms with Gasteiger partial charge in [0.1, 0.15) is 0 Å². The van der Waals surface area contributed by atoms with Gasteiger partial charge in [-0.3, -0.25) is 0 Å². The lowest BCUT2D eigenvalue weighted by molar-refractivity contribution is 0.311. The number of benzene rings is 1. The second kappa shape index (κ2) is 4.84. The van der Waals surface area contributed by atoms with Crippen LogP contribution in [0.3, 0.4) is 0 Å². The third-order valence-corrected chi connectivity index (χ3v) is 1.99. The first-order valence-electron chi connectivity index (χ1n) is 4.43. The molecule has 0 unspecified atom stereocenters. The second-order valence-corrected chi connectivity index (χ2v) is 2.96. The predicted molar refractivity (Wildman–Crippen MR) is 54.6 cm³/mol. The van der Waals surface area contributed by atoms with E-state index in [2.05, 4.69) is 5.32 Å². The van der Waals surface area contributed by atoms with Crippen LogP contribution >= 0.6 is 0 Å².